The molecule has 0 heterocycles. The summed E-state index contributed by atoms with van der Waals surface area (Å²) in [5.74, 6) is 2.61. The molecule has 15 heavy (non-hydrogen) atoms. The molecular formula is C14H9Cl. The first-order chi connectivity index (χ1) is 7.31. The number of terminal acetylenes is 1. The molecule has 2 aromatic carbocycles. The Labute approximate surface area is 94.5 Å². The zero-order valence-corrected chi connectivity index (χ0v) is 8.83. The van der Waals surface area contributed by atoms with Crippen LogP contribution in [0.4, 0.5) is 0 Å². The summed E-state index contributed by atoms with van der Waals surface area (Å²) in [6.45, 7) is 0. The van der Waals surface area contributed by atoms with Crippen LogP contribution in [0.15, 0.2) is 48.5 Å². The van der Waals surface area contributed by atoms with Crippen molar-refractivity contribution in [2.75, 3.05) is 0 Å². The molecule has 0 N–H and O–H groups in total. The molecule has 0 atom stereocenters. The average Bonchev–Trinajstić information content (AvgIpc) is 2.31. The predicted molar refractivity (Wildman–Crippen MR) is 64.8 cm³/mol. The molecule has 0 fully saturated rings. The molecule has 2 rings (SSSR count). The Kier molecular flexibility index (Phi) is 2.76. The lowest BCUT2D eigenvalue weighted by molar-refractivity contribution is 1.59. The van der Waals surface area contributed by atoms with Crippen molar-refractivity contribution in [3.63, 3.8) is 0 Å². The topological polar surface area (TPSA) is 0 Å². The highest BCUT2D eigenvalue weighted by Gasteiger charge is 2.02. The molecule has 0 unspecified atom stereocenters. The van der Waals surface area contributed by atoms with Gasteiger partial charge in [-0.1, -0.05) is 47.9 Å². The van der Waals surface area contributed by atoms with Crippen molar-refractivity contribution in [1.82, 2.24) is 0 Å². The van der Waals surface area contributed by atoms with Crippen LogP contribution in [0.1, 0.15) is 5.56 Å². The van der Waals surface area contributed by atoms with E-state index in [0.29, 0.717) is 0 Å². The lowest BCUT2D eigenvalue weighted by Crippen LogP contribution is -1.81. The van der Waals surface area contributed by atoms with E-state index in [2.05, 4.69) is 5.92 Å². The summed E-state index contributed by atoms with van der Waals surface area (Å²) in [4.78, 5) is 0. The van der Waals surface area contributed by atoms with Gasteiger partial charge >= 0.3 is 0 Å². The standard InChI is InChI=1S/C14H9Cl/c1-2-11-8-9-14(15)13(10-11)12-6-4-3-5-7-12/h1,3-10H. The number of hydrogen-bond acceptors (Lipinski definition) is 0. The molecule has 0 saturated heterocycles. The van der Waals surface area contributed by atoms with Crippen LogP contribution in [0, 0.1) is 12.3 Å². The fraction of sp³-hybridized carbons (Fsp3) is 0. The second-order valence-corrected chi connectivity index (χ2v) is 3.61. The number of halogens is 1. The highest BCUT2D eigenvalue weighted by Crippen LogP contribution is 2.28. The van der Waals surface area contributed by atoms with E-state index >= 15 is 0 Å². The third-order valence-corrected chi connectivity index (χ3v) is 2.55. The zero-order valence-electron chi connectivity index (χ0n) is 8.07. The van der Waals surface area contributed by atoms with E-state index in [1.807, 2.05) is 48.5 Å². The number of rotatable bonds is 1. The van der Waals surface area contributed by atoms with Gasteiger partial charge in [0.05, 0.1) is 0 Å². The van der Waals surface area contributed by atoms with Gasteiger partial charge in [0.2, 0.25) is 0 Å². The first-order valence-corrected chi connectivity index (χ1v) is 5.00. The maximum absolute atomic E-state index is 6.12. The van der Waals surface area contributed by atoms with Gasteiger partial charge in [-0.3, -0.25) is 0 Å². The highest BCUT2D eigenvalue weighted by molar-refractivity contribution is 6.33. The maximum atomic E-state index is 6.12. The molecule has 0 radical (unpaired) electrons. The predicted octanol–water partition coefficient (Wildman–Crippen LogP) is 3.99. The van der Waals surface area contributed by atoms with Crippen molar-refractivity contribution in [3.05, 3.63) is 59.1 Å². The monoisotopic (exact) mass is 212 g/mol. The van der Waals surface area contributed by atoms with Crippen LogP contribution in [0.2, 0.25) is 5.02 Å². The fourth-order valence-corrected chi connectivity index (χ4v) is 1.68. The third kappa shape index (κ3) is 2.03. The first kappa shape index (κ1) is 9.83. The second kappa shape index (κ2) is 4.21. The van der Waals surface area contributed by atoms with E-state index in [-0.39, 0.29) is 0 Å². The third-order valence-electron chi connectivity index (χ3n) is 2.22. The minimum atomic E-state index is 0.722. The number of hydrogen-bond donors (Lipinski definition) is 0. The Morgan fingerprint density at radius 3 is 2.40 bits per heavy atom. The molecule has 1 heteroatoms. The Hall–Kier alpha value is -1.71. The van der Waals surface area contributed by atoms with E-state index < -0.39 is 0 Å². The van der Waals surface area contributed by atoms with Crippen LogP contribution >= 0.6 is 11.6 Å². The van der Waals surface area contributed by atoms with Crippen LogP contribution in [0.25, 0.3) is 11.1 Å². The van der Waals surface area contributed by atoms with Gasteiger partial charge in [0, 0.05) is 16.1 Å². The Morgan fingerprint density at radius 2 is 1.73 bits per heavy atom. The molecule has 0 amide bonds. The average molecular weight is 213 g/mol. The second-order valence-electron chi connectivity index (χ2n) is 3.20. The van der Waals surface area contributed by atoms with Gasteiger partial charge in [-0.25, -0.2) is 0 Å². The largest absolute Gasteiger partial charge is 0.115 e. The van der Waals surface area contributed by atoms with Crippen LogP contribution < -0.4 is 0 Å². The minimum Gasteiger partial charge on any atom is -0.115 e. The number of benzene rings is 2. The molecule has 0 nitrogen and oxygen atoms in total. The SMILES string of the molecule is C#Cc1ccc(Cl)c(-c2ccccc2)c1. The summed E-state index contributed by atoms with van der Waals surface area (Å²) in [6.07, 6.45) is 5.35. The van der Waals surface area contributed by atoms with Gasteiger partial charge in [0.25, 0.3) is 0 Å². The lowest BCUT2D eigenvalue weighted by atomic mass is 10.0. The highest BCUT2D eigenvalue weighted by atomic mass is 35.5. The molecule has 0 saturated carbocycles. The van der Waals surface area contributed by atoms with Crippen LogP contribution in [-0.2, 0) is 0 Å². The molecular weight excluding hydrogens is 204 g/mol. The Bertz CT molecular complexity index is 507. The quantitative estimate of drug-likeness (QED) is 0.627. The summed E-state index contributed by atoms with van der Waals surface area (Å²) in [5.41, 5.74) is 2.91. The van der Waals surface area contributed by atoms with Gasteiger partial charge in [-0.05, 0) is 23.8 Å². The van der Waals surface area contributed by atoms with E-state index in [1.54, 1.807) is 0 Å². The van der Waals surface area contributed by atoms with E-state index in [9.17, 15) is 0 Å². The molecule has 0 aromatic heterocycles. The van der Waals surface area contributed by atoms with E-state index in [4.69, 9.17) is 18.0 Å². The summed E-state index contributed by atoms with van der Waals surface area (Å²) >= 11 is 6.12. The summed E-state index contributed by atoms with van der Waals surface area (Å²) in [5, 5.41) is 0.722. The van der Waals surface area contributed by atoms with Crippen LogP contribution in [0.3, 0.4) is 0 Å². The van der Waals surface area contributed by atoms with Crippen molar-refractivity contribution in [1.29, 1.82) is 0 Å². The lowest BCUT2D eigenvalue weighted by Gasteiger charge is -2.04. The van der Waals surface area contributed by atoms with E-state index in [0.717, 1.165) is 21.7 Å². The molecule has 0 spiro atoms. The summed E-state index contributed by atoms with van der Waals surface area (Å²) in [7, 11) is 0. The van der Waals surface area contributed by atoms with Gasteiger partial charge in [-0.15, -0.1) is 6.42 Å². The van der Waals surface area contributed by atoms with Crippen molar-refractivity contribution in [2.24, 2.45) is 0 Å². The minimum absolute atomic E-state index is 0.722. The summed E-state index contributed by atoms with van der Waals surface area (Å²) in [6, 6.07) is 15.6. The van der Waals surface area contributed by atoms with Gasteiger partial charge in [0.1, 0.15) is 0 Å². The summed E-state index contributed by atoms with van der Waals surface area (Å²) < 4.78 is 0. The molecule has 0 aliphatic carbocycles. The van der Waals surface area contributed by atoms with Gasteiger partial charge < -0.3 is 0 Å². The molecule has 0 aliphatic rings. The zero-order chi connectivity index (χ0) is 10.7. The van der Waals surface area contributed by atoms with E-state index in [1.165, 1.54) is 0 Å². The fourth-order valence-electron chi connectivity index (χ4n) is 1.45. The van der Waals surface area contributed by atoms with Crippen LogP contribution in [-0.4, -0.2) is 0 Å². The maximum Gasteiger partial charge on any atom is 0.0485 e. The smallest absolute Gasteiger partial charge is 0.0485 e. The normalized spacial score (nSPS) is 9.60. The van der Waals surface area contributed by atoms with Gasteiger partial charge in [0.15, 0.2) is 0 Å². The van der Waals surface area contributed by atoms with Crippen LogP contribution in [0.5, 0.6) is 0 Å². The van der Waals surface area contributed by atoms with Crippen molar-refractivity contribution in [3.8, 4) is 23.5 Å². The molecule has 0 bridgehead atoms. The van der Waals surface area contributed by atoms with Gasteiger partial charge in [-0.2, -0.15) is 0 Å². The molecule has 2 aromatic rings. The molecule has 0 aliphatic heterocycles. The van der Waals surface area contributed by atoms with Crippen molar-refractivity contribution < 1.29 is 0 Å². The molecule has 72 valence electrons. The Morgan fingerprint density at radius 1 is 1.00 bits per heavy atom. The van der Waals surface area contributed by atoms with Crippen molar-refractivity contribution >= 4 is 11.6 Å². The first-order valence-electron chi connectivity index (χ1n) is 4.63. The Balaban J connectivity index is 2.58. The van der Waals surface area contributed by atoms with Crippen molar-refractivity contribution in [2.45, 2.75) is 0 Å².